The molecule has 3 aromatic rings. The Hall–Kier alpha value is -3.29. The number of para-hydroxylation sites is 1. The normalized spacial score (nSPS) is 11.4. The van der Waals surface area contributed by atoms with Crippen LogP contribution < -0.4 is 10.6 Å². The smallest absolute Gasteiger partial charge is 0.273 e. The van der Waals surface area contributed by atoms with E-state index in [1.165, 1.54) is 10.9 Å². The van der Waals surface area contributed by atoms with Crippen LogP contribution in [0.5, 0.6) is 0 Å². The van der Waals surface area contributed by atoms with Gasteiger partial charge in [-0.25, -0.2) is 4.68 Å². The Bertz CT molecular complexity index is 968. The van der Waals surface area contributed by atoms with E-state index in [-0.39, 0.29) is 29.5 Å². The summed E-state index contributed by atoms with van der Waals surface area (Å²) in [5, 5.41) is 14.3. The van der Waals surface area contributed by atoms with Gasteiger partial charge in [0.25, 0.3) is 5.91 Å². The average Bonchev–Trinajstić information content (AvgIpc) is 3.08. The van der Waals surface area contributed by atoms with Crippen LogP contribution in [-0.4, -0.2) is 38.3 Å². The molecule has 0 saturated carbocycles. The summed E-state index contributed by atoms with van der Waals surface area (Å²) in [5.41, 5.74) is 1.49. The van der Waals surface area contributed by atoms with Crippen molar-refractivity contribution in [2.24, 2.45) is 5.41 Å². The minimum Gasteiger partial charge on any atom is -0.350 e. The van der Waals surface area contributed by atoms with Crippen LogP contribution in [0.25, 0.3) is 10.9 Å². The van der Waals surface area contributed by atoms with Gasteiger partial charge in [-0.2, -0.15) is 0 Å². The largest absolute Gasteiger partial charge is 0.350 e. The molecule has 2 aromatic heterocycles. The van der Waals surface area contributed by atoms with E-state index < -0.39 is 0 Å². The van der Waals surface area contributed by atoms with E-state index in [0.717, 1.165) is 5.39 Å². The minimum absolute atomic E-state index is 0.0297. The van der Waals surface area contributed by atoms with Crippen LogP contribution in [0.4, 0.5) is 5.69 Å². The molecule has 0 saturated heterocycles. The summed E-state index contributed by atoms with van der Waals surface area (Å²) in [6, 6.07) is 9.35. The van der Waals surface area contributed by atoms with E-state index in [4.69, 9.17) is 0 Å². The number of pyridine rings is 1. The van der Waals surface area contributed by atoms with E-state index in [1.807, 2.05) is 45.0 Å². The highest BCUT2D eigenvalue weighted by molar-refractivity contribution is 6.00. The molecule has 2 N–H and O–H groups in total. The maximum absolute atomic E-state index is 12.3. The Morgan fingerprint density at radius 1 is 1.15 bits per heavy atom. The van der Waals surface area contributed by atoms with Crippen LogP contribution in [0.1, 0.15) is 31.3 Å². The second-order valence-corrected chi connectivity index (χ2v) is 7.47. The molecule has 0 unspecified atom stereocenters. The number of hydrogen-bond acceptors (Lipinski definition) is 5. The third kappa shape index (κ3) is 4.87. The van der Waals surface area contributed by atoms with Crippen LogP contribution in [0.3, 0.4) is 0 Å². The van der Waals surface area contributed by atoms with Gasteiger partial charge in [0.2, 0.25) is 5.91 Å². The monoisotopic (exact) mass is 366 g/mol. The molecule has 2 amide bonds. The van der Waals surface area contributed by atoms with Crippen molar-refractivity contribution in [1.29, 1.82) is 0 Å². The van der Waals surface area contributed by atoms with Gasteiger partial charge in [0.15, 0.2) is 5.69 Å². The fourth-order valence-electron chi connectivity index (χ4n) is 2.46. The molecule has 0 spiro atoms. The molecule has 0 atom stereocenters. The topological polar surface area (TPSA) is 102 Å². The van der Waals surface area contributed by atoms with Gasteiger partial charge in [0.05, 0.1) is 17.4 Å². The second kappa shape index (κ2) is 7.53. The highest BCUT2D eigenvalue weighted by atomic mass is 16.2. The lowest BCUT2D eigenvalue weighted by atomic mass is 9.97. The first-order chi connectivity index (χ1) is 12.8. The van der Waals surface area contributed by atoms with Crippen molar-refractivity contribution in [2.45, 2.75) is 27.3 Å². The summed E-state index contributed by atoms with van der Waals surface area (Å²) >= 11 is 0. The van der Waals surface area contributed by atoms with Gasteiger partial charge >= 0.3 is 0 Å². The number of nitrogens with one attached hydrogen (secondary N) is 2. The fraction of sp³-hybridized carbons (Fsp3) is 0.316. The first-order valence-corrected chi connectivity index (χ1v) is 8.64. The lowest BCUT2D eigenvalue weighted by molar-refractivity contribution is -0.116. The fourth-order valence-corrected chi connectivity index (χ4v) is 2.46. The van der Waals surface area contributed by atoms with E-state index in [2.05, 4.69) is 25.9 Å². The van der Waals surface area contributed by atoms with E-state index >= 15 is 0 Å². The van der Waals surface area contributed by atoms with Gasteiger partial charge in [0.1, 0.15) is 6.54 Å². The number of carbonyl (C=O) groups is 2. The summed E-state index contributed by atoms with van der Waals surface area (Å²) in [7, 11) is 0. The number of amides is 2. The Labute approximate surface area is 157 Å². The molecular weight excluding hydrogens is 344 g/mol. The molecule has 1 aromatic carbocycles. The van der Waals surface area contributed by atoms with Crippen molar-refractivity contribution in [3.8, 4) is 0 Å². The molecule has 0 bridgehead atoms. The Balaban J connectivity index is 1.63. The van der Waals surface area contributed by atoms with Gasteiger partial charge < -0.3 is 10.6 Å². The summed E-state index contributed by atoms with van der Waals surface area (Å²) < 4.78 is 1.33. The van der Waals surface area contributed by atoms with Crippen molar-refractivity contribution >= 4 is 28.4 Å². The van der Waals surface area contributed by atoms with Gasteiger partial charge in [0, 0.05) is 18.1 Å². The third-order valence-corrected chi connectivity index (χ3v) is 3.76. The highest BCUT2D eigenvalue weighted by Gasteiger charge is 2.16. The lowest BCUT2D eigenvalue weighted by Crippen LogP contribution is -2.32. The van der Waals surface area contributed by atoms with Crippen molar-refractivity contribution in [3.63, 3.8) is 0 Å². The van der Waals surface area contributed by atoms with Crippen LogP contribution >= 0.6 is 0 Å². The molecule has 8 heteroatoms. The number of rotatable bonds is 5. The van der Waals surface area contributed by atoms with Gasteiger partial charge in [-0.3, -0.25) is 14.6 Å². The van der Waals surface area contributed by atoms with E-state index in [1.54, 1.807) is 12.3 Å². The third-order valence-electron chi connectivity index (χ3n) is 3.76. The van der Waals surface area contributed by atoms with Crippen molar-refractivity contribution in [3.05, 3.63) is 48.4 Å². The quantitative estimate of drug-likeness (QED) is 0.721. The van der Waals surface area contributed by atoms with Crippen LogP contribution in [-0.2, 0) is 11.3 Å². The lowest BCUT2D eigenvalue weighted by Gasteiger charge is -2.17. The SMILES string of the molecule is CC(C)(C)CNC(=O)c1cn(CC(=O)Nc2cccc3cccnc23)nn1. The zero-order chi connectivity index (χ0) is 19.4. The summed E-state index contributed by atoms with van der Waals surface area (Å²) in [4.78, 5) is 28.7. The van der Waals surface area contributed by atoms with Crippen molar-refractivity contribution < 1.29 is 9.59 Å². The highest BCUT2D eigenvalue weighted by Crippen LogP contribution is 2.20. The number of nitrogens with zero attached hydrogens (tertiary/aromatic N) is 4. The zero-order valence-corrected chi connectivity index (χ0v) is 15.6. The zero-order valence-electron chi connectivity index (χ0n) is 15.6. The molecule has 3 rings (SSSR count). The van der Waals surface area contributed by atoms with E-state index in [0.29, 0.717) is 17.7 Å². The first-order valence-electron chi connectivity index (χ1n) is 8.64. The molecule has 140 valence electrons. The average molecular weight is 366 g/mol. The molecule has 2 heterocycles. The summed E-state index contributed by atoms with van der Waals surface area (Å²) in [6.07, 6.45) is 3.14. The first kappa shape index (κ1) is 18.5. The maximum Gasteiger partial charge on any atom is 0.273 e. The number of fused-ring (bicyclic) bond motifs is 1. The Morgan fingerprint density at radius 3 is 2.70 bits per heavy atom. The molecule has 0 radical (unpaired) electrons. The summed E-state index contributed by atoms with van der Waals surface area (Å²) in [6.45, 7) is 6.54. The van der Waals surface area contributed by atoms with E-state index in [9.17, 15) is 9.59 Å². The number of aromatic nitrogens is 4. The number of anilines is 1. The minimum atomic E-state index is -0.310. The van der Waals surface area contributed by atoms with Crippen molar-refractivity contribution in [1.82, 2.24) is 25.3 Å². The van der Waals surface area contributed by atoms with Crippen LogP contribution in [0, 0.1) is 5.41 Å². The molecule has 0 aliphatic heterocycles. The Morgan fingerprint density at radius 2 is 1.93 bits per heavy atom. The number of hydrogen-bond donors (Lipinski definition) is 2. The maximum atomic E-state index is 12.3. The van der Waals surface area contributed by atoms with Crippen LogP contribution in [0.15, 0.2) is 42.7 Å². The number of benzene rings is 1. The predicted octanol–water partition coefficient (Wildman–Crippen LogP) is 2.24. The van der Waals surface area contributed by atoms with Gasteiger partial charge in [-0.15, -0.1) is 5.10 Å². The standard InChI is InChI=1S/C19H22N6O2/c1-19(2,3)12-21-18(27)15-10-25(24-23-15)11-16(26)22-14-8-4-6-13-7-5-9-20-17(13)14/h4-10H,11-12H2,1-3H3,(H,21,27)(H,22,26). The molecule has 8 nitrogen and oxygen atoms in total. The summed E-state index contributed by atoms with van der Waals surface area (Å²) in [5.74, 6) is -0.588. The predicted molar refractivity (Wildman–Crippen MR) is 102 cm³/mol. The van der Waals surface area contributed by atoms with Gasteiger partial charge in [-0.05, 0) is 17.5 Å². The Kier molecular flexibility index (Phi) is 5.16. The van der Waals surface area contributed by atoms with Crippen molar-refractivity contribution in [2.75, 3.05) is 11.9 Å². The van der Waals surface area contributed by atoms with Crippen LogP contribution in [0.2, 0.25) is 0 Å². The number of carbonyl (C=O) groups excluding carboxylic acids is 2. The second-order valence-electron chi connectivity index (χ2n) is 7.47. The molecule has 0 fully saturated rings. The molecular formula is C19H22N6O2. The molecule has 0 aliphatic carbocycles. The molecule has 0 aliphatic rings. The van der Waals surface area contributed by atoms with Gasteiger partial charge in [-0.1, -0.05) is 44.2 Å². The molecule has 27 heavy (non-hydrogen) atoms.